The SMILES string of the molecule is CC(C)Oc1cc[n+]([O-])cc1CC(=N)CO. The van der Waals surface area contributed by atoms with Crippen molar-refractivity contribution in [1.29, 1.82) is 5.41 Å². The predicted octanol–water partition coefficient (Wildman–Crippen LogP) is 0.662. The van der Waals surface area contributed by atoms with E-state index in [0.29, 0.717) is 16.0 Å². The highest BCUT2D eigenvalue weighted by molar-refractivity contribution is 5.84. The lowest BCUT2D eigenvalue weighted by molar-refractivity contribution is -0.605. The standard InChI is InChI=1S/C11H16N2O3/c1-8(2)16-11-3-4-13(15)6-9(11)5-10(12)7-14/h3-4,6,8,12,14H,5,7H2,1-2H3. The van der Waals surface area contributed by atoms with E-state index in [1.165, 1.54) is 12.4 Å². The highest BCUT2D eigenvalue weighted by atomic mass is 16.5. The molecule has 1 aromatic rings. The number of hydrogen-bond donors (Lipinski definition) is 2. The summed E-state index contributed by atoms with van der Waals surface area (Å²) in [6.07, 6.45) is 2.94. The van der Waals surface area contributed by atoms with Crippen molar-refractivity contribution in [2.75, 3.05) is 6.61 Å². The fourth-order valence-corrected chi connectivity index (χ4v) is 1.30. The Kier molecular flexibility index (Phi) is 4.25. The van der Waals surface area contributed by atoms with E-state index in [9.17, 15) is 5.21 Å². The highest BCUT2D eigenvalue weighted by Gasteiger charge is 2.11. The van der Waals surface area contributed by atoms with Crippen LogP contribution in [-0.4, -0.2) is 23.5 Å². The second-order valence-electron chi connectivity index (χ2n) is 3.80. The molecule has 0 amide bonds. The quantitative estimate of drug-likeness (QED) is 0.438. The summed E-state index contributed by atoms with van der Waals surface area (Å²) in [5.74, 6) is 0.584. The van der Waals surface area contributed by atoms with Gasteiger partial charge in [0.2, 0.25) is 0 Å². The molecule has 88 valence electrons. The van der Waals surface area contributed by atoms with Crippen molar-refractivity contribution in [3.8, 4) is 5.75 Å². The molecular formula is C11H16N2O3. The molecule has 0 aliphatic rings. The Hall–Kier alpha value is -1.62. The molecule has 2 N–H and O–H groups in total. The maximum atomic E-state index is 11.1. The molecule has 1 heterocycles. The van der Waals surface area contributed by atoms with Gasteiger partial charge in [-0.15, -0.1) is 0 Å². The van der Waals surface area contributed by atoms with Gasteiger partial charge in [-0.1, -0.05) is 0 Å². The first kappa shape index (κ1) is 12.4. The second kappa shape index (κ2) is 5.46. The van der Waals surface area contributed by atoms with Gasteiger partial charge in [-0.05, 0) is 13.8 Å². The second-order valence-corrected chi connectivity index (χ2v) is 3.80. The van der Waals surface area contributed by atoms with E-state index in [0.717, 1.165) is 0 Å². The minimum atomic E-state index is -0.311. The van der Waals surface area contributed by atoms with Crippen LogP contribution in [0.1, 0.15) is 19.4 Å². The number of rotatable bonds is 5. The number of nitrogens with zero attached hydrogens (tertiary/aromatic N) is 1. The van der Waals surface area contributed by atoms with Crippen LogP contribution in [0.2, 0.25) is 0 Å². The fraction of sp³-hybridized carbons (Fsp3) is 0.455. The normalized spacial score (nSPS) is 10.5. The van der Waals surface area contributed by atoms with Crippen molar-refractivity contribution >= 4 is 5.71 Å². The Balaban J connectivity index is 2.93. The summed E-state index contributed by atoms with van der Waals surface area (Å²) in [7, 11) is 0. The van der Waals surface area contributed by atoms with Crippen LogP contribution in [0.25, 0.3) is 0 Å². The molecule has 0 aliphatic carbocycles. The Bertz CT molecular complexity index is 377. The maximum Gasteiger partial charge on any atom is 0.187 e. The lowest BCUT2D eigenvalue weighted by Gasteiger charge is -2.13. The van der Waals surface area contributed by atoms with Gasteiger partial charge in [0.25, 0.3) is 0 Å². The highest BCUT2D eigenvalue weighted by Crippen LogP contribution is 2.18. The molecule has 0 aromatic carbocycles. The average Bonchev–Trinajstić information content (AvgIpc) is 2.21. The van der Waals surface area contributed by atoms with Gasteiger partial charge in [-0.2, -0.15) is 4.73 Å². The van der Waals surface area contributed by atoms with Crippen LogP contribution in [-0.2, 0) is 6.42 Å². The zero-order valence-corrected chi connectivity index (χ0v) is 9.43. The van der Waals surface area contributed by atoms with Gasteiger partial charge in [0.1, 0.15) is 5.75 Å². The number of aliphatic hydroxyl groups is 1. The van der Waals surface area contributed by atoms with Crippen LogP contribution < -0.4 is 9.47 Å². The number of nitrogens with one attached hydrogen (secondary N) is 1. The van der Waals surface area contributed by atoms with Gasteiger partial charge in [0.15, 0.2) is 12.4 Å². The first-order valence-electron chi connectivity index (χ1n) is 5.08. The summed E-state index contributed by atoms with van der Waals surface area (Å²) in [5.41, 5.74) is 0.769. The molecule has 0 fully saturated rings. The molecule has 0 radical (unpaired) electrons. The average molecular weight is 224 g/mol. The van der Waals surface area contributed by atoms with E-state index < -0.39 is 0 Å². The number of hydrogen-bond acceptors (Lipinski definition) is 4. The van der Waals surface area contributed by atoms with E-state index in [2.05, 4.69) is 0 Å². The third-order valence-corrected chi connectivity index (χ3v) is 1.93. The smallest absolute Gasteiger partial charge is 0.187 e. The molecule has 0 unspecified atom stereocenters. The largest absolute Gasteiger partial charge is 0.619 e. The summed E-state index contributed by atoms with van der Waals surface area (Å²) < 4.78 is 6.18. The van der Waals surface area contributed by atoms with Crippen molar-refractivity contribution in [2.24, 2.45) is 0 Å². The number of pyridine rings is 1. The Morgan fingerprint density at radius 1 is 1.62 bits per heavy atom. The molecule has 1 rings (SSSR count). The van der Waals surface area contributed by atoms with Crippen LogP contribution in [0, 0.1) is 10.6 Å². The van der Waals surface area contributed by atoms with Crippen molar-refractivity contribution in [2.45, 2.75) is 26.4 Å². The molecule has 0 aliphatic heterocycles. The van der Waals surface area contributed by atoms with Crippen molar-refractivity contribution < 1.29 is 14.6 Å². The van der Waals surface area contributed by atoms with Gasteiger partial charge in [-0.3, -0.25) is 0 Å². The lowest BCUT2D eigenvalue weighted by atomic mass is 10.1. The van der Waals surface area contributed by atoms with Crippen molar-refractivity contribution in [3.05, 3.63) is 29.2 Å². The van der Waals surface area contributed by atoms with Crippen molar-refractivity contribution in [1.82, 2.24) is 0 Å². The molecule has 0 spiro atoms. The minimum absolute atomic E-state index is 0.00422. The molecular weight excluding hydrogens is 208 g/mol. The van der Waals surface area contributed by atoms with Crippen LogP contribution in [0.3, 0.4) is 0 Å². The van der Waals surface area contributed by atoms with Gasteiger partial charge in [-0.25, -0.2) is 0 Å². The van der Waals surface area contributed by atoms with E-state index in [1.807, 2.05) is 13.8 Å². The van der Waals surface area contributed by atoms with Crippen LogP contribution in [0.15, 0.2) is 18.5 Å². The maximum absolute atomic E-state index is 11.1. The zero-order valence-electron chi connectivity index (χ0n) is 9.43. The van der Waals surface area contributed by atoms with Crippen molar-refractivity contribution in [3.63, 3.8) is 0 Å². The Morgan fingerprint density at radius 3 is 2.88 bits per heavy atom. The molecule has 1 aromatic heterocycles. The molecule has 5 nitrogen and oxygen atoms in total. The van der Waals surface area contributed by atoms with Crippen LogP contribution >= 0.6 is 0 Å². The first-order chi connectivity index (χ1) is 7.52. The fourth-order valence-electron chi connectivity index (χ4n) is 1.30. The lowest BCUT2D eigenvalue weighted by Crippen LogP contribution is -2.26. The van der Waals surface area contributed by atoms with Gasteiger partial charge < -0.3 is 20.5 Å². The molecule has 16 heavy (non-hydrogen) atoms. The van der Waals surface area contributed by atoms with Gasteiger partial charge in [0.05, 0.1) is 18.3 Å². The summed E-state index contributed by atoms with van der Waals surface area (Å²) >= 11 is 0. The Morgan fingerprint density at radius 2 is 2.31 bits per heavy atom. The van der Waals surface area contributed by atoms with E-state index in [-0.39, 0.29) is 24.8 Å². The number of aliphatic hydroxyl groups excluding tert-OH is 1. The molecule has 0 saturated heterocycles. The van der Waals surface area contributed by atoms with Gasteiger partial charge >= 0.3 is 0 Å². The minimum Gasteiger partial charge on any atom is -0.619 e. The summed E-state index contributed by atoms with van der Waals surface area (Å²) in [6.45, 7) is 3.47. The summed E-state index contributed by atoms with van der Waals surface area (Å²) in [6, 6.07) is 1.58. The third kappa shape index (κ3) is 3.51. The predicted molar refractivity (Wildman–Crippen MR) is 59.7 cm³/mol. The first-order valence-corrected chi connectivity index (χ1v) is 5.08. The third-order valence-electron chi connectivity index (χ3n) is 1.93. The van der Waals surface area contributed by atoms with Crippen LogP contribution in [0.5, 0.6) is 5.75 Å². The topological polar surface area (TPSA) is 80.2 Å². The number of ether oxygens (including phenoxy) is 1. The molecule has 0 atom stereocenters. The van der Waals surface area contributed by atoms with E-state index in [1.54, 1.807) is 6.07 Å². The van der Waals surface area contributed by atoms with E-state index in [4.69, 9.17) is 15.3 Å². The summed E-state index contributed by atoms with van der Waals surface area (Å²) in [4.78, 5) is 0. The Labute approximate surface area is 94.4 Å². The molecule has 5 heteroatoms. The molecule has 0 saturated carbocycles. The van der Waals surface area contributed by atoms with Gasteiger partial charge in [0, 0.05) is 18.2 Å². The zero-order chi connectivity index (χ0) is 12.1. The summed E-state index contributed by atoms with van der Waals surface area (Å²) in [5, 5.41) is 27.3. The number of aromatic nitrogens is 1. The molecule has 0 bridgehead atoms. The van der Waals surface area contributed by atoms with E-state index >= 15 is 0 Å². The monoisotopic (exact) mass is 224 g/mol. The van der Waals surface area contributed by atoms with Crippen LogP contribution in [0.4, 0.5) is 0 Å².